The van der Waals surface area contributed by atoms with Gasteiger partial charge >= 0.3 is 0 Å². The first kappa shape index (κ1) is 15.0. The molecular formula is C17H20N2O2. The normalized spacial score (nSPS) is 10.5. The van der Waals surface area contributed by atoms with Gasteiger partial charge in [0, 0.05) is 18.9 Å². The minimum Gasteiger partial charge on any atom is -0.496 e. The smallest absolute Gasteiger partial charge is 0.255 e. The third-order valence-corrected chi connectivity index (χ3v) is 3.34. The van der Waals surface area contributed by atoms with Crippen molar-refractivity contribution in [3.63, 3.8) is 0 Å². The van der Waals surface area contributed by atoms with Gasteiger partial charge < -0.3 is 10.1 Å². The topological polar surface area (TPSA) is 51.2 Å². The number of carbonyl (C=O) groups is 1. The Morgan fingerprint density at radius 1 is 1.24 bits per heavy atom. The summed E-state index contributed by atoms with van der Waals surface area (Å²) in [7, 11) is 1.58. The number of carbonyl (C=O) groups excluding carboxylic acids is 1. The first-order valence-corrected chi connectivity index (χ1v) is 6.97. The van der Waals surface area contributed by atoms with E-state index in [1.165, 1.54) is 0 Å². The maximum absolute atomic E-state index is 12.3. The van der Waals surface area contributed by atoms with Crippen LogP contribution < -0.4 is 10.1 Å². The number of pyridine rings is 1. The van der Waals surface area contributed by atoms with E-state index in [0.29, 0.717) is 23.8 Å². The molecule has 4 heteroatoms. The molecule has 0 atom stereocenters. The molecule has 1 N–H and O–H groups in total. The summed E-state index contributed by atoms with van der Waals surface area (Å²) >= 11 is 0. The van der Waals surface area contributed by atoms with E-state index in [4.69, 9.17) is 4.74 Å². The summed E-state index contributed by atoms with van der Waals surface area (Å²) in [4.78, 5) is 16.2. The van der Waals surface area contributed by atoms with Gasteiger partial charge in [-0.25, -0.2) is 0 Å². The van der Waals surface area contributed by atoms with Crippen molar-refractivity contribution in [2.24, 2.45) is 0 Å². The summed E-state index contributed by atoms with van der Waals surface area (Å²) in [6, 6.07) is 9.45. The van der Waals surface area contributed by atoms with Crippen LogP contribution in [-0.4, -0.2) is 18.0 Å². The van der Waals surface area contributed by atoms with Crippen LogP contribution in [-0.2, 0) is 6.54 Å². The van der Waals surface area contributed by atoms with Gasteiger partial charge in [-0.05, 0) is 41.3 Å². The fraction of sp³-hybridized carbons (Fsp3) is 0.294. The highest BCUT2D eigenvalue weighted by Gasteiger charge is 2.13. The maximum atomic E-state index is 12.3. The third-order valence-electron chi connectivity index (χ3n) is 3.34. The Kier molecular flexibility index (Phi) is 4.93. The number of nitrogens with zero attached hydrogens (tertiary/aromatic N) is 1. The largest absolute Gasteiger partial charge is 0.496 e. The molecule has 1 amide bonds. The van der Waals surface area contributed by atoms with Crippen molar-refractivity contribution in [1.82, 2.24) is 10.3 Å². The van der Waals surface area contributed by atoms with E-state index in [1.54, 1.807) is 19.5 Å². The first-order valence-electron chi connectivity index (χ1n) is 6.97. The third kappa shape index (κ3) is 3.81. The molecule has 0 radical (unpaired) electrons. The summed E-state index contributed by atoms with van der Waals surface area (Å²) < 4.78 is 5.34. The maximum Gasteiger partial charge on any atom is 0.255 e. The minimum absolute atomic E-state index is 0.140. The molecule has 0 bridgehead atoms. The first-order chi connectivity index (χ1) is 10.1. The molecule has 0 aliphatic carbocycles. The number of ether oxygens (including phenoxy) is 1. The van der Waals surface area contributed by atoms with Crippen molar-refractivity contribution < 1.29 is 9.53 Å². The number of benzene rings is 1. The van der Waals surface area contributed by atoms with Gasteiger partial charge in [0.05, 0.1) is 12.7 Å². The zero-order chi connectivity index (χ0) is 15.2. The Balaban J connectivity index is 2.11. The van der Waals surface area contributed by atoms with Crippen LogP contribution in [0.3, 0.4) is 0 Å². The van der Waals surface area contributed by atoms with Gasteiger partial charge in [-0.3, -0.25) is 9.78 Å². The van der Waals surface area contributed by atoms with Gasteiger partial charge in [0.25, 0.3) is 5.91 Å². The van der Waals surface area contributed by atoms with Gasteiger partial charge in [0.1, 0.15) is 5.75 Å². The van der Waals surface area contributed by atoms with Crippen LogP contribution in [0.25, 0.3) is 0 Å². The molecule has 4 nitrogen and oxygen atoms in total. The molecule has 110 valence electrons. The molecule has 1 aromatic heterocycles. The number of methoxy groups -OCH3 is 1. The predicted molar refractivity (Wildman–Crippen MR) is 82.5 cm³/mol. The van der Waals surface area contributed by atoms with Gasteiger partial charge in [-0.2, -0.15) is 0 Å². The molecule has 0 aliphatic rings. The number of nitrogens with one attached hydrogen (secondary N) is 1. The van der Waals surface area contributed by atoms with E-state index in [-0.39, 0.29) is 5.91 Å². The van der Waals surface area contributed by atoms with E-state index in [2.05, 4.69) is 24.1 Å². The quantitative estimate of drug-likeness (QED) is 0.917. The molecule has 0 aliphatic heterocycles. The second-order valence-electron chi connectivity index (χ2n) is 5.15. The average molecular weight is 284 g/mol. The molecule has 0 fully saturated rings. The molecule has 1 heterocycles. The molecule has 1 aromatic carbocycles. The lowest BCUT2D eigenvalue weighted by atomic mass is 10.0. The Bertz CT molecular complexity index is 609. The Labute approximate surface area is 125 Å². The fourth-order valence-electron chi connectivity index (χ4n) is 2.03. The second kappa shape index (κ2) is 6.88. The lowest BCUT2D eigenvalue weighted by molar-refractivity contribution is 0.0948. The van der Waals surface area contributed by atoms with Gasteiger partial charge in [-0.1, -0.05) is 19.9 Å². The average Bonchev–Trinajstić information content (AvgIpc) is 2.52. The number of amides is 1. The van der Waals surface area contributed by atoms with Crippen molar-refractivity contribution in [2.75, 3.05) is 7.11 Å². The number of hydrogen-bond donors (Lipinski definition) is 1. The van der Waals surface area contributed by atoms with Crippen LogP contribution in [0.5, 0.6) is 5.75 Å². The predicted octanol–water partition coefficient (Wildman–Crippen LogP) is 3.14. The Hall–Kier alpha value is -2.36. The summed E-state index contributed by atoms with van der Waals surface area (Å²) in [5.74, 6) is 0.861. The molecule has 0 saturated carbocycles. The highest BCUT2D eigenvalue weighted by atomic mass is 16.5. The van der Waals surface area contributed by atoms with Crippen molar-refractivity contribution in [3.8, 4) is 5.75 Å². The van der Waals surface area contributed by atoms with Crippen LogP contribution in [0.4, 0.5) is 0 Å². The lowest BCUT2D eigenvalue weighted by Crippen LogP contribution is -2.23. The van der Waals surface area contributed by atoms with Crippen LogP contribution in [0, 0.1) is 0 Å². The van der Waals surface area contributed by atoms with Crippen LogP contribution in [0.1, 0.15) is 41.3 Å². The Morgan fingerprint density at radius 2 is 1.95 bits per heavy atom. The number of rotatable bonds is 5. The lowest BCUT2D eigenvalue weighted by Gasteiger charge is -2.12. The SMILES string of the molecule is COc1cc(C(C)C)ccc1C(=O)NCc1ccncc1. The van der Waals surface area contributed by atoms with E-state index in [1.807, 2.05) is 30.3 Å². The molecule has 2 rings (SSSR count). The highest BCUT2D eigenvalue weighted by Crippen LogP contribution is 2.24. The van der Waals surface area contributed by atoms with Crippen molar-refractivity contribution in [3.05, 3.63) is 59.4 Å². The van der Waals surface area contributed by atoms with Crippen LogP contribution in [0.15, 0.2) is 42.7 Å². The summed E-state index contributed by atoms with van der Waals surface area (Å²) in [5, 5.41) is 2.89. The molecule has 0 unspecified atom stereocenters. The Morgan fingerprint density at radius 3 is 2.57 bits per heavy atom. The van der Waals surface area contributed by atoms with Crippen molar-refractivity contribution in [2.45, 2.75) is 26.3 Å². The zero-order valence-electron chi connectivity index (χ0n) is 12.6. The van der Waals surface area contributed by atoms with Gasteiger partial charge in [0.15, 0.2) is 0 Å². The molecule has 21 heavy (non-hydrogen) atoms. The number of hydrogen-bond acceptors (Lipinski definition) is 3. The molecule has 0 saturated heterocycles. The van der Waals surface area contributed by atoms with E-state index < -0.39 is 0 Å². The molecule has 0 spiro atoms. The van der Waals surface area contributed by atoms with Crippen LogP contribution >= 0.6 is 0 Å². The van der Waals surface area contributed by atoms with E-state index in [0.717, 1.165) is 11.1 Å². The minimum atomic E-state index is -0.140. The zero-order valence-corrected chi connectivity index (χ0v) is 12.6. The van der Waals surface area contributed by atoms with Gasteiger partial charge in [-0.15, -0.1) is 0 Å². The van der Waals surface area contributed by atoms with Crippen molar-refractivity contribution >= 4 is 5.91 Å². The number of aromatic nitrogens is 1. The fourth-order valence-corrected chi connectivity index (χ4v) is 2.03. The van der Waals surface area contributed by atoms with Crippen molar-refractivity contribution in [1.29, 1.82) is 0 Å². The summed E-state index contributed by atoms with van der Waals surface area (Å²) in [6.07, 6.45) is 3.42. The van der Waals surface area contributed by atoms with E-state index >= 15 is 0 Å². The molecular weight excluding hydrogens is 264 g/mol. The monoisotopic (exact) mass is 284 g/mol. The molecule has 2 aromatic rings. The second-order valence-corrected chi connectivity index (χ2v) is 5.15. The standard InChI is InChI=1S/C17H20N2O2/c1-12(2)14-4-5-15(16(10-14)21-3)17(20)19-11-13-6-8-18-9-7-13/h4-10,12H,11H2,1-3H3,(H,19,20). The van der Waals surface area contributed by atoms with E-state index in [9.17, 15) is 4.79 Å². The summed E-state index contributed by atoms with van der Waals surface area (Å²) in [5.41, 5.74) is 2.71. The van der Waals surface area contributed by atoms with Crippen LogP contribution in [0.2, 0.25) is 0 Å². The summed E-state index contributed by atoms with van der Waals surface area (Å²) in [6.45, 7) is 4.69. The highest BCUT2D eigenvalue weighted by molar-refractivity contribution is 5.97. The van der Waals surface area contributed by atoms with Gasteiger partial charge in [0.2, 0.25) is 0 Å².